The fourth-order valence-electron chi connectivity index (χ4n) is 4.19. The highest BCUT2D eigenvalue weighted by molar-refractivity contribution is 5.22. The van der Waals surface area contributed by atoms with Crippen LogP contribution in [0, 0.1) is 5.41 Å². The third-order valence-electron chi connectivity index (χ3n) is 4.69. The molecule has 1 aromatic rings. The molecule has 2 fully saturated rings. The van der Waals surface area contributed by atoms with Crippen molar-refractivity contribution in [2.75, 3.05) is 0 Å². The lowest BCUT2D eigenvalue weighted by Gasteiger charge is -2.37. The van der Waals surface area contributed by atoms with E-state index in [1.807, 2.05) is 12.3 Å². The smallest absolute Gasteiger partial charge is 0.0409 e. The number of hydrogen-bond acceptors (Lipinski definition) is 2. The minimum Gasteiger partial charge on any atom is -0.292 e. The molecule has 18 heavy (non-hydrogen) atoms. The lowest BCUT2D eigenvalue weighted by atomic mass is 9.94. The average Bonchev–Trinajstić information content (AvgIpc) is 2.82. The monoisotopic (exact) mass is 244 g/mol. The average molecular weight is 244 g/mol. The zero-order chi connectivity index (χ0) is 13.0. The maximum Gasteiger partial charge on any atom is 0.0409 e. The van der Waals surface area contributed by atoms with Crippen LogP contribution < -0.4 is 0 Å². The summed E-state index contributed by atoms with van der Waals surface area (Å²) in [6, 6.07) is 7.79. The highest BCUT2D eigenvalue weighted by atomic mass is 15.3. The number of aromatic nitrogens is 1. The van der Waals surface area contributed by atoms with Gasteiger partial charge in [-0.25, -0.2) is 0 Å². The fraction of sp³-hybridized carbons (Fsp3) is 0.688. The van der Waals surface area contributed by atoms with E-state index in [1.54, 1.807) is 0 Å². The van der Waals surface area contributed by atoms with Crippen molar-refractivity contribution in [1.29, 1.82) is 0 Å². The number of hydrogen-bond donors (Lipinski definition) is 0. The molecule has 2 nitrogen and oxygen atoms in total. The summed E-state index contributed by atoms with van der Waals surface area (Å²) < 4.78 is 0. The predicted octanol–water partition coefficient (Wildman–Crippen LogP) is 3.28. The third kappa shape index (κ3) is 1.87. The minimum atomic E-state index is 0.298. The van der Waals surface area contributed by atoms with Gasteiger partial charge in [-0.3, -0.25) is 9.88 Å². The Morgan fingerprint density at radius 2 is 2.11 bits per heavy atom. The van der Waals surface area contributed by atoms with Crippen molar-refractivity contribution in [3.05, 3.63) is 30.1 Å². The van der Waals surface area contributed by atoms with Crippen molar-refractivity contribution in [3.8, 4) is 0 Å². The second kappa shape index (κ2) is 3.80. The van der Waals surface area contributed by atoms with Gasteiger partial charge in [-0.2, -0.15) is 0 Å². The molecule has 1 aliphatic heterocycles. The Balaban J connectivity index is 1.77. The molecule has 0 radical (unpaired) electrons. The number of rotatable bonds is 2. The van der Waals surface area contributed by atoms with Crippen LogP contribution in [0.3, 0.4) is 0 Å². The van der Waals surface area contributed by atoms with E-state index in [0.717, 1.165) is 12.5 Å². The number of nitrogens with zero attached hydrogens (tertiary/aromatic N) is 2. The first-order valence-corrected chi connectivity index (χ1v) is 7.11. The molecule has 2 aliphatic rings. The van der Waals surface area contributed by atoms with Crippen LogP contribution in [0.25, 0.3) is 0 Å². The van der Waals surface area contributed by atoms with E-state index in [9.17, 15) is 0 Å². The largest absolute Gasteiger partial charge is 0.292 e. The summed E-state index contributed by atoms with van der Waals surface area (Å²) in [5, 5.41) is 0. The summed E-state index contributed by atoms with van der Waals surface area (Å²) >= 11 is 0. The Kier molecular flexibility index (Phi) is 2.57. The molecule has 1 aliphatic carbocycles. The lowest BCUT2D eigenvalue weighted by molar-refractivity contribution is 0.104. The van der Waals surface area contributed by atoms with Crippen LogP contribution in [0.1, 0.15) is 46.2 Å². The first-order valence-electron chi connectivity index (χ1n) is 7.11. The molecule has 0 amide bonds. The zero-order valence-corrected chi connectivity index (χ0v) is 12.0. The number of likely N-dealkylation sites (tertiary alicyclic amines) is 1. The molecule has 98 valence electrons. The van der Waals surface area contributed by atoms with Crippen LogP contribution in [0.4, 0.5) is 0 Å². The molecule has 2 heteroatoms. The summed E-state index contributed by atoms with van der Waals surface area (Å²) in [6.07, 6.45) is 5.79. The van der Waals surface area contributed by atoms with Crippen LogP contribution in [0.15, 0.2) is 24.4 Å². The summed E-state index contributed by atoms with van der Waals surface area (Å²) in [5.74, 6) is 0. The standard InChI is InChI=1S/C16H24N2/c1-12-9-16(10-13-7-5-6-8-17-13)11-14(16)18(12)15(2,3)4/h5-8,12,14H,9-11H2,1-4H3/t12-,14-,16-/m1/s1. The van der Waals surface area contributed by atoms with Gasteiger partial charge in [-0.05, 0) is 64.5 Å². The highest BCUT2D eigenvalue weighted by Gasteiger charge is 2.64. The van der Waals surface area contributed by atoms with Crippen LogP contribution in [0.5, 0.6) is 0 Å². The molecule has 0 unspecified atom stereocenters. The van der Waals surface area contributed by atoms with E-state index >= 15 is 0 Å². The van der Waals surface area contributed by atoms with E-state index in [0.29, 0.717) is 17.0 Å². The Bertz CT molecular complexity index is 434. The van der Waals surface area contributed by atoms with Gasteiger partial charge in [0.25, 0.3) is 0 Å². The molecular weight excluding hydrogens is 220 g/mol. The summed E-state index contributed by atoms with van der Waals surface area (Å²) in [4.78, 5) is 7.24. The van der Waals surface area contributed by atoms with Gasteiger partial charge in [0, 0.05) is 29.5 Å². The predicted molar refractivity (Wildman–Crippen MR) is 74.5 cm³/mol. The van der Waals surface area contributed by atoms with Crippen LogP contribution in [-0.4, -0.2) is 27.5 Å². The summed E-state index contributed by atoms with van der Waals surface area (Å²) in [5.41, 5.74) is 2.09. The molecule has 0 aromatic carbocycles. The van der Waals surface area contributed by atoms with Gasteiger partial charge < -0.3 is 0 Å². The Labute approximate surface area is 110 Å². The van der Waals surface area contributed by atoms with Crippen molar-refractivity contribution >= 4 is 0 Å². The molecule has 0 N–H and O–H groups in total. The first kappa shape index (κ1) is 12.2. The summed E-state index contributed by atoms with van der Waals surface area (Å²) in [7, 11) is 0. The maximum atomic E-state index is 4.51. The molecule has 3 rings (SSSR count). The molecule has 1 aromatic heterocycles. The SMILES string of the molecule is C[C@@H]1C[C@@]2(Cc3ccccn3)C[C@H]2N1C(C)(C)C. The molecular formula is C16H24N2. The molecule has 3 atom stereocenters. The van der Waals surface area contributed by atoms with Gasteiger partial charge in [0.1, 0.15) is 0 Å². The molecule has 1 saturated heterocycles. The molecule has 0 bridgehead atoms. The Morgan fingerprint density at radius 3 is 2.67 bits per heavy atom. The van der Waals surface area contributed by atoms with E-state index in [1.165, 1.54) is 18.5 Å². The van der Waals surface area contributed by atoms with Crippen molar-refractivity contribution in [2.24, 2.45) is 5.41 Å². The normalized spacial score (nSPS) is 35.6. The third-order valence-corrected chi connectivity index (χ3v) is 4.69. The van der Waals surface area contributed by atoms with E-state index in [2.05, 4.69) is 49.7 Å². The zero-order valence-electron chi connectivity index (χ0n) is 12.0. The summed E-state index contributed by atoms with van der Waals surface area (Å²) in [6.45, 7) is 9.42. The maximum absolute atomic E-state index is 4.51. The van der Waals surface area contributed by atoms with E-state index < -0.39 is 0 Å². The van der Waals surface area contributed by atoms with Crippen LogP contribution >= 0.6 is 0 Å². The van der Waals surface area contributed by atoms with Crippen LogP contribution in [0.2, 0.25) is 0 Å². The van der Waals surface area contributed by atoms with Gasteiger partial charge in [0.05, 0.1) is 0 Å². The van der Waals surface area contributed by atoms with Crippen molar-refractivity contribution < 1.29 is 0 Å². The highest BCUT2D eigenvalue weighted by Crippen LogP contribution is 2.62. The van der Waals surface area contributed by atoms with Gasteiger partial charge in [-0.15, -0.1) is 0 Å². The van der Waals surface area contributed by atoms with E-state index in [4.69, 9.17) is 0 Å². The number of pyridine rings is 1. The van der Waals surface area contributed by atoms with Gasteiger partial charge in [0.15, 0.2) is 0 Å². The van der Waals surface area contributed by atoms with Crippen molar-refractivity contribution in [1.82, 2.24) is 9.88 Å². The number of fused-ring (bicyclic) bond motifs is 1. The first-order chi connectivity index (χ1) is 8.42. The lowest BCUT2D eigenvalue weighted by Crippen LogP contribution is -2.45. The molecule has 2 heterocycles. The molecule has 1 saturated carbocycles. The van der Waals surface area contributed by atoms with Gasteiger partial charge in [-0.1, -0.05) is 6.07 Å². The fourth-order valence-corrected chi connectivity index (χ4v) is 4.19. The second-order valence-electron chi connectivity index (χ2n) is 7.21. The van der Waals surface area contributed by atoms with E-state index in [-0.39, 0.29) is 0 Å². The minimum absolute atomic E-state index is 0.298. The van der Waals surface area contributed by atoms with Crippen molar-refractivity contribution in [2.45, 2.75) is 64.6 Å². The quantitative estimate of drug-likeness (QED) is 0.793. The van der Waals surface area contributed by atoms with Crippen molar-refractivity contribution in [3.63, 3.8) is 0 Å². The topological polar surface area (TPSA) is 16.1 Å². The van der Waals surface area contributed by atoms with Gasteiger partial charge >= 0.3 is 0 Å². The van der Waals surface area contributed by atoms with Crippen LogP contribution in [-0.2, 0) is 6.42 Å². The molecule has 0 spiro atoms. The van der Waals surface area contributed by atoms with Gasteiger partial charge in [0.2, 0.25) is 0 Å². The Morgan fingerprint density at radius 1 is 1.33 bits per heavy atom. The second-order valence-corrected chi connectivity index (χ2v) is 7.21. The number of piperidine rings is 1. The Hall–Kier alpha value is -0.890.